The maximum Gasteiger partial charge on any atom is 0.391 e. The highest BCUT2D eigenvalue weighted by Crippen LogP contribution is 2.63. The van der Waals surface area contributed by atoms with Crippen LogP contribution in [-0.4, -0.2) is 70.5 Å². The minimum atomic E-state index is -4.28. The molecule has 3 aliphatic rings. The summed E-state index contributed by atoms with van der Waals surface area (Å²) >= 11 is 0. The molecule has 5 rings (SSSR count). The van der Waals surface area contributed by atoms with Crippen LogP contribution in [0.3, 0.4) is 0 Å². The standard InChI is InChI=1S/C25H28F3N4O6P/c1-17(38-39(36,30-11-12-30)31-13-14-31)18-5-6-22(32(34)35)23(16-18)37-21-4-2-3-19(15-21)24(33)29-9-7-20(8-10-29)25(26,27)28/h2-6,15-17,20H,7-14H2,1H3. The van der Waals surface area contributed by atoms with E-state index in [4.69, 9.17) is 9.26 Å². The van der Waals surface area contributed by atoms with Gasteiger partial charge in [-0.15, -0.1) is 0 Å². The van der Waals surface area contributed by atoms with Gasteiger partial charge in [0.25, 0.3) is 5.91 Å². The zero-order chi connectivity index (χ0) is 27.9. The maximum absolute atomic E-state index is 13.4. The smallest absolute Gasteiger partial charge is 0.391 e. The fourth-order valence-corrected chi connectivity index (χ4v) is 6.95. The van der Waals surface area contributed by atoms with Crippen LogP contribution in [0.4, 0.5) is 18.9 Å². The van der Waals surface area contributed by atoms with Crippen molar-refractivity contribution in [3.8, 4) is 11.5 Å². The number of carbonyl (C=O) groups is 1. The summed E-state index contributed by atoms with van der Waals surface area (Å²) in [5.74, 6) is -1.80. The lowest BCUT2D eigenvalue weighted by atomic mass is 9.96. The minimum absolute atomic E-state index is 0.0157. The SMILES string of the molecule is CC(OP(=O)(N1CC1)N1CC1)c1ccc([N+](=O)[O-])c(Oc2cccc(C(=O)N3CCC(C(F)(F)F)CC3)c2)c1. The molecule has 3 fully saturated rings. The molecule has 0 aliphatic carbocycles. The number of amides is 1. The van der Waals surface area contributed by atoms with Gasteiger partial charge in [0.2, 0.25) is 5.75 Å². The summed E-state index contributed by atoms with van der Waals surface area (Å²) in [5, 5.41) is 11.7. The highest BCUT2D eigenvalue weighted by Gasteiger charge is 2.50. The van der Waals surface area contributed by atoms with Crippen molar-refractivity contribution in [2.24, 2.45) is 5.92 Å². The average Bonchev–Trinajstić information content (AvgIpc) is 3.80. The van der Waals surface area contributed by atoms with Crippen LogP contribution in [0.2, 0.25) is 0 Å². The molecule has 39 heavy (non-hydrogen) atoms. The molecule has 3 aliphatic heterocycles. The first kappa shape index (κ1) is 27.6. The number of nitro benzene ring substituents is 1. The van der Waals surface area contributed by atoms with Crippen LogP contribution in [0.1, 0.15) is 41.8 Å². The zero-order valence-corrected chi connectivity index (χ0v) is 22.1. The number of nitro groups is 1. The lowest BCUT2D eigenvalue weighted by molar-refractivity contribution is -0.385. The summed E-state index contributed by atoms with van der Waals surface area (Å²) in [4.78, 5) is 25.4. The Labute approximate surface area is 223 Å². The van der Waals surface area contributed by atoms with Crippen molar-refractivity contribution < 1.29 is 36.7 Å². The molecule has 0 bridgehead atoms. The molecule has 0 saturated carbocycles. The largest absolute Gasteiger partial charge is 0.450 e. The quantitative estimate of drug-likeness (QED) is 0.166. The normalized spacial score (nSPS) is 19.5. The van der Waals surface area contributed by atoms with Gasteiger partial charge in [-0.1, -0.05) is 6.07 Å². The highest BCUT2D eigenvalue weighted by atomic mass is 31.2. The van der Waals surface area contributed by atoms with Gasteiger partial charge in [0, 0.05) is 50.9 Å². The average molecular weight is 568 g/mol. The second kappa shape index (κ2) is 10.5. The summed E-state index contributed by atoms with van der Waals surface area (Å²) in [7, 11) is -3.13. The number of nitrogens with zero attached hydrogens (tertiary/aromatic N) is 4. The Balaban J connectivity index is 1.32. The molecule has 210 valence electrons. The van der Waals surface area contributed by atoms with E-state index < -0.39 is 36.7 Å². The van der Waals surface area contributed by atoms with Crippen LogP contribution in [0, 0.1) is 16.0 Å². The predicted octanol–water partition coefficient (Wildman–Crippen LogP) is 5.62. The number of hydrogen-bond donors (Lipinski definition) is 0. The molecule has 0 spiro atoms. The topological polar surface area (TPSA) is 105 Å². The van der Waals surface area contributed by atoms with E-state index >= 15 is 0 Å². The lowest BCUT2D eigenvalue weighted by Gasteiger charge is -2.33. The van der Waals surface area contributed by atoms with E-state index in [1.807, 2.05) is 0 Å². The molecular formula is C25H28F3N4O6P. The monoisotopic (exact) mass is 568 g/mol. The molecule has 0 N–H and O–H groups in total. The molecule has 3 heterocycles. The van der Waals surface area contributed by atoms with Crippen molar-refractivity contribution in [3.05, 3.63) is 63.7 Å². The summed E-state index contributed by atoms with van der Waals surface area (Å²) in [5.41, 5.74) is 0.419. The van der Waals surface area contributed by atoms with Crippen LogP contribution in [0.5, 0.6) is 11.5 Å². The lowest BCUT2D eigenvalue weighted by Crippen LogP contribution is -2.42. The minimum Gasteiger partial charge on any atom is -0.450 e. The Morgan fingerprint density at radius 3 is 2.26 bits per heavy atom. The van der Waals surface area contributed by atoms with E-state index in [1.54, 1.807) is 16.3 Å². The van der Waals surface area contributed by atoms with Crippen LogP contribution in [0.15, 0.2) is 42.5 Å². The van der Waals surface area contributed by atoms with E-state index in [-0.39, 0.29) is 48.7 Å². The van der Waals surface area contributed by atoms with Gasteiger partial charge in [0.1, 0.15) is 5.75 Å². The molecule has 2 aromatic rings. The maximum atomic E-state index is 13.4. The van der Waals surface area contributed by atoms with E-state index in [0.29, 0.717) is 31.7 Å². The Kier molecular flexibility index (Phi) is 7.45. The number of likely N-dealkylation sites (tertiary alicyclic amines) is 1. The van der Waals surface area contributed by atoms with Crippen molar-refractivity contribution in [3.63, 3.8) is 0 Å². The van der Waals surface area contributed by atoms with Gasteiger partial charge in [-0.25, -0.2) is 9.34 Å². The van der Waals surface area contributed by atoms with Crippen molar-refractivity contribution in [2.75, 3.05) is 39.3 Å². The second-order valence-electron chi connectivity index (χ2n) is 9.87. The van der Waals surface area contributed by atoms with Crippen LogP contribution in [-0.2, 0) is 9.09 Å². The van der Waals surface area contributed by atoms with Gasteiger partial charge in [-0.3, -0.25) is 24.0 Å². The summed E-state index contributed by atoms with van der Waals surface area (Å²) in [6.45, 7) is 4.42. The zero-order valence-electron chi connectivity index (χ0n) is 21.2. The number of halogens is 3. The molecule has 14 heteroatoms. The van der Waals surface area contributed by atoms with Gasteiger partial charge >= 0.3 is 19.5 Å². The fraction of sp³-hybridized carbons (Fsp3) is 0.480. The third kappa shape index (κ3) is 6.11. The summed E-state index contributed by atoms with van der Waals surface area (Å²) in [6.07, 6.45) is -5.25. The van der Waals surface area contributed by atoms with Crippen molar-refractivity contribution in [1.29, 1.82) is 0 Å². The first-order valence-electron chi connectivity index (χ1n) is 12.7. The molecule has 0 radical (unpaired) electrons. The number of rotatable bonds is 9. The number of hydrogen-bond acceptors (Lipinski definition) is 6. The Morgan fingerprint density at radius 1 is 1.05 bits per heavy atom. The molecular weight excluding hydrogens is 540 g/mol. The number of alkyl halides is 3. The van der Waals surface area contributed by atoms with Crippen LogP contribution in [0.25, 0.3) is 0 Å². The predicted molar refractivity (Wildman–Crippen MR) is 135 cm³/mol. The number of ether oxygens (including phenoxy) is 1. The molecule has 1 atom stereocenters. The third-order valence-corrected chi connectivity index (χ3v) is 9.88. The van der Waals surface area contributed by atoms with Gasteiger partial charge in [-0.05, 0) is 55.7 Å². The van der Waals surface area contributed by atoms with E-state index in [0.717, 1.165) is 0 Å². The van der Waals surface area contributed by atoms with Gasteiger partial charge < -0.3 is 9.64 Å². The molecule has 0 aromatic heterocycles. The van der Waals surface area contributed by atoms with Gasteiger partial charge in [0.15, 0.2) is 0 Å². The van der Waals surface area contributed by atoms with E-state index in [2.05, 4.69) is 0 Å². The molecule has 3 saturated heterocycles. The summed E-state index contributed by atoms with van der Waals surface area (Å²) < 4.78 is 67.7. The van der Waals surface area contributed by atoms with E-state index in [9.17, 15) is 32.6 Å². The van der Waals surface area contributed by atoms with Crippen LogP contribution >= 0.6 is 7.67 Å². The first-order chi connectivity index (χ1) is 18.5. The number of carbonyl (C=O) groups excluding carboxylic acids is 1. The number of piperidine rings is 1. The van der Waals surface area contributed by atoms with Crippen molar-refractivity contribution in [1.82, 2.24) is 14.2 Å². The van der Waals surface area contributed by atoms with Gasteiger partial charge in [-0.2, -0.15) is 13.2 Å². The van der Waals surface area contributed by atoms with Crippen molar-refractivity contribution in [2.45, 2.75) is 32.0 Å². The fourth-order valence-electron chi connectivity index (χ4n) is 4.60. The second-order valence-corrected chi connectivity index (χ2v) is 12.2. The molecule has 1 amide bonds. The Bertz CT molecular complexity index is 1290. The molecule has 1 unspecified atom stereocenters. The van der Waals surface area contributed by atoms with Crippen molar-refractivity contribution >= 4 is 19.3 Å². The van der Waals surface area contributed by atoms with Crippen LogP contribution < -0.4 is 4.74 Å². The molecule has 2 aromatic carbocycles. The third-order valence-electron chi connectivity index (χ3n) is 7.06. The van der Waals surface area contributed by atoms with E-state index in [1.165, 1.54) is 47.4 Å². The number of benzene rings is 2. The Morgan fingerprint density at radius 2 is 1.69 bits per heavy atom. The molecule has 10 nitrogen and oxygen atoms in total. The van der Waals surface area contributed by atoms with Gasteiger partial charge in [0.05, 0.1) is 16.9 Å². The highest BCUT2D eigenvalue weighted by molar-refractivity contribution is 7.54. The summed E-state index contributed by atoms with van der Waals surface area (Å²) in [6, 6.07) is 10.2. The first-order valence-corrected chi connectivity index (χ1v) is 14.2. The Hall–Kier alpha value is -2.99.